The molecule has 3 aromatic heterocycles. The van der Waals surface area contributed by atoms with E-state index < -0.39 is 0 Å². The molecule has 1 amide bonds. The number of carbonyl (C=O) groups is 1. The molecule has 0 radical (unpaired) electrons. The van der Waals surface area contributed by atoms with Crippen LogP contribution in [0.1, 0.15) is 25.2 Å². The molecule has 0 atom stereocenters. The zero-order chi connectivity index (χ0) is 25.8. The summed E-state index contributed by atoms with van der Waals surface area (Å²) in [6.07, 6.45) is 8.65. The molecular formula is C29H26N6O2. The van der Waals surface area contributed by atoms with Gasteiger partial charge >= 0.3 is 0 Å². The normalized spacial score (nSPS) is 11.4. The van der Waals surface area contributed by atoms with E-state index in [2.05, 4.69) is 15.0 Å². The molecule has 8 heteroatoms. The number of hydrogen-bond donors (Lipinski definition) is 1. The van der Waals surface area contributed by atoms with Gasteiger partial charge in [0.05, 0.1) is 23.1 Å². The maximum atomic E-state index is 13.3. The highest BCUT2D eigenvalue weighted by Crippen LogP contribution is 2.24. The molecule has 5 aromatic rings. The Hall–Kier alpha value is -4.85. The second-order valence-electron chi connectivity index (χ2n) is 8.88. The first-order chi connectivity index (χ1) is 18.0. The summed E-state index contributed by atoms with van der Waals surface area (Å²) in [5, 5.41) is 5.29. The molecule has 37 heavy (non-hydrogen) atoms. The molecule has 0 bridgehead atoms. The summed E-state index contributed by atoms with van der Waals surface area (Å²) < 4.78 is 1.79. The maximum Gasteiger partial charge on any atom is 0.258 e. The van der Waals surface area contributed by atoms with E-state index in [1.54, 1.807) is 46.3 Å². The molecule has 0 aliphatic heterocycles. The number of para-hydroxylation sites is 2. The van der Waals surface area contributed by atoms with E-state index in [0.29, 0.717) is 16.7 Å². The van der Waals surface area contributed by atoms with E-state index >= 15 is 0 Å². The Bertz CT molecular complexity index is 1620. The van der Waals surface area contributed by atoms with Crippen molar-refractivity contribution in [2.24, 2.45) is 0 Å². The molecule has 0 unspecified atom stereocenters. The van der Waals surface area contributed by atoms with E-state index in [-0.39, 0.29) is 24.1 Å². The van der Waals surface area contributed by atoms with E-state index in [0.717, 1.165) is 22.5 Å². The van der Waals surface area contributed by atoms with Crippen molar-refractivity contribution in [1.29, 1.82) is 0 Å². The van der Waals surface area contributed by atoms with Gasteiger partial charge in [-0.15, -0.1) is 0 Å². The van der Waals surface area contributed by atoms with Crippen molar-refractivity contribution in [3.05, 3.63) is 113 Å². The minimum atomic E-state index is -0.221. The number of carbonyl (C=O) groups excluding carboxylic acids is 1. The average Bonchev–Trinajstić information content (AvgIpc) is 3.36. The van der Waals surface area contributed by atoms with Crippen molar-refractivity contribution in [3.63, 3.8) is 0 Å². The predicted octanol–water partition coefficient (Wildman–Crippen LogP) is 4.62. The lowest BCUT2D eigenvalue weighted by molar-refractivity contribution is -0.128. The number of aromatic amines is 1. The maximum absolute atomic E-state index is 13.3. The minimum Gasteiger partial charge on any atom is -0.329 e. The number of pyridine rings is 1. The number of hydrogen-bond acceptors (Lipinski definition) is 5. The van der Waals surface area contributed by atoms with Crippen LogP contribution in [0.3, 0.4) is 0 Å². The fourth-order valence-corrected chi connectivity index (χ4v) is 4.09. The summed E-state index contributed by atoms with van der Waals surface area (Å²) in [7, 11) is 0. The third-order valence-electron chi connectivity index (χ3n) is 5.99. The Morgan fingerprint density at radius 1 is 1.05 bits per heavy atom. The monoisotopic (exact) mass is 490 g/mol. The summed E-state index contributed by atoms with van der Waals surface area (Å²) in [6.45, 7) is 4.04. The number of aromatic nitrogens is 5. The summed E-state index contributed by atoms with van der Waals surface area (Å²) in [5.74, 6) is 0.238. The molecule has 5 rings (SSSR count). The Labute approximate surface area is 213 Å². The van der Waals surface area contributed by atoms with Crippen molar-refractivity contribution in [1.82, 2.24) is 29.6 Å². The molecule has 8 nitrogen and oxygen atoms in total. The number of nitrogens with one attached hydrogen (secondary N) is 1. The van der Waals surface area contributed by atoms with E-state index in [1.807, 2.05) is 68.6 Å². The zero-order valence-corrected chi connectivity index (χ0v) is 20.6. The van der Waals surface area contributed by atoms with Crippen LogP contribution in [-0.4, -0.2) is 41.6 Å². The van der Waals surface area contributed by atoms with Gasteiger partial charge in [0.15, 0.2) is 0 Å². The van der Waals surface area contributed by atoms with Crippen LogP contribution in [-0.2, 0) is 11.3 Å². The number of benzene rings is 2. The topological polar surface area (TPSA) is 96.8 Å². The molecule has 0 aliphatic carbocycles. The molecule has 2 aromatic carbocycles. The molecule has 0 saturated heterocycles. The van der Waals surface area contributed by atoms with Crippen molar-refractivity contribution in [3.8, 4) is 16.9 Å². The quantitative estimate of drug-likeness (QED) is 0.336. The molecule has 0 fully saturated rings. The van der Waals surface area contributed by atoms with Gasteiger partial charge in [-0.2, -0.15) is 5.10 Å². The van der Waals surface area contributed by atoms with Gasteiger partial charge in [-0.3, -0.25) is 14.6 Å². The Morgan fingerprint density at radius 3 is 2.59 bits per heavy atom. The number of amides is 1. The van der Waals surface area contributed by atoms with E-state index in [1.165, 1.54) is 6.08 Å². The van der Waals surface area contributed by atoms with Gasteiger partial charge in [0.2, 0.25) is 5.91 Å². The molecule has 0 aliphatic rings. The summed E-state index contributed by atoms with van der Waals surface area (Å²) >= 11 is 0. The first kappa shape index (κ1) is 23.9. The second kappa shape index (κ2) is 10.4. The molecule has 3 heterocycles. The van der Waals surface area contributed by atoms with E-state index in [4.69, 9.17) is 5.10 Å². The van der Waals surface area contributed by atoms with Gasteiger partial charge in [0.25, 0.3) is 5.56 Å². The van der Waals surface area contributed by atoms with Crippen molar-refractivity contribution in [2.75, 3.05) is 0 Å². The predicted molar refractivity (Wildman–Crippen MR) is 144 cm³/mol. The van der Waals surface area contributed by atoms with Crippen molar-refractivity contribution < 1.29 is 4.79 Å². The lowest BCUT2D eigenvalue weighted by atomic mass is 10.1. The third-order valence-corrected chi connectivity index (χ3v) is 5.99. The largest absolute Gasteiger partial charge is 0.329 e. The first-order valence-corrected chi connectivity index (χ1v) is 12.0. The highest BCUT2D eigenvalue weighted by Gasteiger charge is 2.18. The lowest BCUT2D eigenvalue weighted by Gasteiger charge is -2.25. The Kier molecular flexibility index (Phi) is 6.72. The zero-order valence-electron chi connectivity index (χ0n) is 20.6. The van der Waals surface area contributed by atoms with Crippen molar-refractivity contribution in [2.45, 2.75) is 26.4 Å². The second-order valence-corrected chi connectivity index (χ2v) is 8.88. The Balaban J connectivity index is 1.45. The van der Waals surface area contributed by atoms with Gasteiger partial charge in [0.1, 0.15) is 11.5 Å². The average molecular weight is 491 g/mol. The molecule has 0 spiro atoms. The molecule has 1 N–H and O–H groups in total. The summed E-state index contributed by atoms with van der Waals surface area (Å²) in [4.78, 5) is 39.1. The first-order valence-electron chi connectivity index (χ1n) is 12.0. The minimum absolute atomic E-state index is 0.112. The van der Waals surface area contributed by atoms with Crippen LogP contribution in [0.25, 0.3) is 33.9 Å². The fraction of sp³-hybridized carbons (Fsp3) is 0.138. The summed E-state index contributed by atoms with van der Waals surface area (Å²) in [6, 6.07) is 20.6. The number of rotatable bonds is 7. The lowest BCUT2D eigenvalue weighted by Crippen LogP contribution is -2.36. The number of nitrogens with zero attached hydrogens (tertiary/aromatic N) is 5. The van der Waals surface area contributed by atoms with Crippen LogP contribution in [0.5, 0.6) is 0 Å². The van der Waals surface area contributed by atoms with Crippen LogP contribution in [0.2, 0.25) is 0 Å². The SMILES string of the molecule is CC(C)N(Cc1nc2ccccc2c(=O)[nH]1)C(=O)C=Cc1cn(-c2ccccc2)nc1-c1cccnc1. The van der Waals surface area contributed by atoms with Gasteiger partial charge < -0.3 is 9.88 Å². The van der Waals surface area contributed by atoms with Gasteiger partial charge in [-0.25, -0.2) is 9.67 Å². The van der Waals surface area contributed by atoms with E-state index in [9.17, 15) is 9.59 Å². The Morgan fingerprint density at radius 2 is 1.84 bits per heavy atom. The highest BCUT2D eigenvalue weighted by atomic mass is 16.2. The summed E-state index contributed by atoms with van der Waals surface area (Å²) in [5.41, 5.74) is 3.64. The van der Waals surface area contributed by atoms with Gasteiger partial charge in [-0.1, -0.05) is 30.3 Å². The van der Waals surface area contributed by atoms with Gasteiger partial charge in [-0.05, 0) is 56.3 Å². The van der Waals surface area contributed by atoms with Crippen molar-refractivity contribution >= 4 is 22.9 Å². The van der Waals surface area contributed by atoms with Crippen LogP contribution >= 0.6 is 0 Å². The van der Waals surface area contributed by atoms with Gasteiger partial charge in [0, 0.05) is 41.8 Å². The molecule has 184 valence electrons. The van der Waals surface area contributed by atoms with Crippen LogP contribution in [0, 0.1) is 0 Å². The molecular weight excluding hydrogens is 464 g/mol. The fourth-order valence-electron chi connectivity index (χ4n) is 4.09. The number of H-pyrrole nitrogens is 1. The third kappa shape index (κ3) is 5.23. The number of fused-ring (bicyclic) bond motifs is 1. The van der Waals surface area contributed by atoms with Crippen LogP contribution in [0.15, 0.2) is 96.2 Å². The van der Waals surface area contributed by atoms with Crippen LogP contribution < -0.4 is 5.56 Å². The standard InChI is InChI=1S/C29H26N6O2/c1-20(2)34(19-26-31-25-13-7-6-12-24(25)29(37)32-26)27(36)15-14-22-18-35(23-10-4-3-5-11-23)33-28(22)21-9-8-16-30-17-21/h3-18,20H,19H2,1-2H3,(H,31,32,37). The molecule has 0 saturated carbocycles. The smallest absolute Gasteiger partial charge is 0.258 e. The van der Waals surface area contributed by atoms with Crippen LogP contribution in [0.4, 0.5) is 0 Å². The highest BCUT2D eigenvalue weighted by molar-refractivity contribution is 5.93.